The zero-order valence-corrected chi connectivity index (χ0v) is 24.3. The molecule has 0 radical (unpaired) electrons. The Bertz CT molecular complexity index is 1710. The smallest absolute Gasteiger partial charge is 0.335 e. The number of amides is 3. The van der Waals surface area contributed by atoms with Crippen LogP contribution in [0.25, 0.3) is 0 Å². The average molecular weight is 672 g/mol. The molecule has 0 aromatic heterocycles. The molecule has 3 aliphatic carbocycles. The number of halogens is 2. The fourth-order valence-corrected chi connectivity index (χ4v) is 8.94. The molecular formula is C32H20Br2N2O5. The van der Waals surface area contributed by atoms with Gasteiger partial charge in [-0.3, -0.25) is 14.4 Å². The summed E-state index contributed by atoms with van der Waals surface area (Å²) in [5.74, 6) is -3.76. The lowest BCUT2D eigenvalue weighted by atomic mass is 9.54. The van der Waals surface area contributed by atoms with Crippen LogP contribution in [0, 0.1) is 11.8 Å². The van der Waals surface area contributed by atoms with Gasteiger partial charge in [-0.1, -0.05) is 92.5 Å². The highest BCUT2D eigenvalue weighted by atomic mass is 79.9. The molecule has 2 N–H and O–H groups in total. The molecule has 0 spiro atoms. The third kappa shape index (κ3) is 3.42. The Morgan fingerprint density at radius 2 is 1.17 bits per heavy atom. The lowest BCUT2D eigenvalue weighted by molar-refractivity contribution is -0.122. The SMILES string of the molecule is O=C(O)c1cccc(NC(=O)c2cccc(N3C(=O)[C@@H]4[C@H](C3=O)C3(Br)c5ccccc5C4(Br)c4ccccc43)c2)c1. The summed E-state index contributed by atoms with van der Waals surface area (Å²) in [6.45, 7) is 0. The lowest BCUT2D eigenvalue weighted by Crippen LogP contribution is -2.56. The third-order valence-electron chi connectivity index (χ3n) is 8.32. The molecule has 41 heavy (non-hydrogen) atoms. The van der Waals surface area contributed by atoms with E-state index in [1.165, 1.54) is 29.2 Å². The molecule has 1 fully saturated rings. The summed E-state index contributed by atoms with van der Waals surface area (Å²) in [6.07, 6.45) is 0. The van der Waals surface area contributed by atoms with Gasteiger partial charge in [-0.05, 0) is 58.7 Å². The van der Waals surface area contributed by atoms with E-state index in [1.54, 1.807) is 24.3 Å². The van der Waals surface area contributed by atoms with E-state index in [0.717, 1.165) is 22.3 Å². The molecule has 3 amide bonds. The minimum absolute atomic E-state index is 0.0384. The average Bonchev–Trinajstić information content (AvgIpc) is 3.27. The zero-order valence-electron chi connectivity index (χ0n) is 21.2. The van der Waals surface area contributed by atoms with Crippen molar-refractivity contribution in [2.45, 2.75) is 8.65 Å². The normalized spacial score (nSPS) is 25.4. The van der Waals surface area contributed by atoms with Crippen molar-refractivity contribution in [3.63, 3.8) is 0 Å². The second-order valence-corrected chi connectivity index (χ2v) is 12.9. The molecule has 9 heteroatoms. The van der Waals surface area contributed by atoms with E-state index in [-0.39, 0.29) is 22.9 Å². The molecule has 1 saturated heterocycles. The number of hydrogen-bond acceptors (Lipinski definition) is 4. The molecule has 1 heterocycles. The maximum Gasteiger partial charge on any atom is 0.335 e. The zero-order chi connectivity index (χ0) is 28.7. The highest BCUT2D eigenvalue weighted by molar-refractivity contribution is 9.10. The van der Waals surface area contributed by atoms with Crippen LogP contribution in [0.3, 0.4) is 0 Å². The molecule has 2 atom stereocenters. The Morgan fingerprint density at radius 3 is 1.68 bits per heavy atom. The van der Waals surface area contributed by atoms with Crippen molar-refractivity contribution >= 4 is 66.9 Å². The first-order valence-corrected chi connectivity index (χ1v) is 14.5. The molecule has 2 bridgehead atoms. The molecule has 4 aromatic rings. The number of carboxylic acid groups (broad SMARTS) is 1. The minimum Gasteiger partial charge on any atom is -0.478 e. The van der Waals surface area contributed by atoms with Gasteiger partial charge in [0.25, 0.3) is 5.91 Å². The summed E-state index contributed by atoms with van der Waals surface area (Å²) in [4.78, 5) is 54.2. The number of carbonyl (C=O) groups excluding carboxylic acids is 3. The first-order chi connectivity index (χ1) is 19.7. The van der Waals surface area contributed by atoms with Crippen molar-refractivity contribution in [3.05, 3.63) is 130 Å². The minimum atomic E-state index is -1.11. The van der Waals surface area contributed by atoms with Crippen molar-refractivity contribution in [1.29, 1.82) is 0 Å². The monoisotopic (exact) mass is 670 g/mol. The van der Waals surface area contributed by atoms with Gasteiger partial charge in [0.1, 0.15) is 0 Å². The fraction of sp³-hybridized carbons (Fsp3) is 0.125. The van der Waals surface area contributed by atoms with Gasteiger partial charge in [-0.25, -0.2) is 9.69 Å². The van der Waals surface area contributed by atoms with E-state index in [4.69, 9.17) is 0 Å². The van der Waals surface area contributed by atoms with Crippen LogP contribution in [-0.2, 0) is 18.2 Å². The van der Waals surface area contributed by atoms with E-state index in [2.05, 4.69) is 37.2 Å². The number of imide groups is 1. The number of aromatic carboxylic acids is 1. The molecule has 0 saturated carbocycles. The first kappa shape index (κ1) is 25.9. The summed E-state index contributed by atoms with van der Waals surface area (Å²) in [5, 5.41) is 12.0. The van der Waals surface area contributed by atoms with E-state index < -0.39 is 32.4 Å². The Morgan fingerprint density at radius 1 is 0.683 bits per heavy atom. The molecule has 202 valence electrons. The van der Waals surface area contributed by atoms with E-state index >= 15 is 0 Å². The molecule has 7 nitrogen and oxygen atoms in total. The quantitative estimate of drug-likeness (QED) is 0.203. The number of carbonyl (C=O) groups is 4. The summed E-state index contributed by atoms with van der Waals surface area (Å²) < 4.78 is -1.82. The van der Waals surface area contributed by atoms with Gasteiger partial charge in [0.2, 0.25) is 11.8 Å². The van der Waals surface area contributed by atoms with Crippen molar-refractivity contribution in [1.82, 2.24) is 0 Å². The van der Waals surface area contributed by atoms with Gasteiger partial charge in [0.15, 0.2) is 0 Å². The number of alkyl halides is 2. The van der Waals surface area contributed by atoms with Crippen LogP contribution in [0.2, 0.25) is 0 Å². The predicted molar refractivity (Wildman–Crippen MR) is 160 cm³/mol. The fourth-order valence-electron chi connectivity index (χ4n) is 6.64. The van der Waals surface area contributed by atoms with Gasteiger partial charge in [0, 0.05) is 11.3 Å². The van der Waals surface area contributed by atoms with Crippen LogP contribution < -0.4 is 10.2 Å². The van der Waals surface area contributed by atoms with Crippen LogP contribution in [0.4, 0.5) is 11.4 Å². The Labute approximate surface area is 251 Å². The standard InChI is InChI=1S/C32H20Br2N2O5/c33-31-21-11-1-2-12-22(21)32(34,24-14-4-3-13-23(24)31)26-25(31)28(38)36(29(26)39)20-10-6-7-17(16-20)27(37)35-19-9-5-8-18(15-19)30(40)41/h1-16,25-26H,(H,35,37)(H,40,41)/t25-,26+,31?,32?. The molecule has 4 aromatic carbocycles. The van der Waals surface area contributed by atoms with E-state index in [0.29, 0.717) is 11.4 Å². The Kier molecular flexibility index (Phi) is 5.65. The van der Waals surface area contributed by atoms with E-state index in [1.807, 2.05) is 48.5 Å². The number of benzene rings is 4. The van der Waals surface area contributed by atoms with Crippen LogP contribution in [-0.4, -0.2) is 28.8 Å². The number of carboxylic acids is 1. The van der Waals surface area contributed by atoms with Crippen LogP contribution in [0.1, 0.15) is 43.0 Å². The number of nitrogens with zero attached hydrogens (tertiary/aromatic N) is 1. The largest absolute Gasteiger partial charge is 0.478 e. The summed E-state index contributed by atoms with van der Waals surface area (Å²) in [7, 11) is 0. The van der Waals surface area contributed by atoms with Gasteiger partial charge < -0.3 is 10.4 Å². The number of anilines is 2. The lowest BCUT2D eigenvalue weighted by Gasteiger charge is -2.55. The van der Waals surface area contributed by atoms with Crippen molar-refractivity contribution in [2.75, 3.05) is 10.2 Å². The molecule has 0 unspecified atom stereocenters. The highest BCUT2D eigenvalue weighted by Gasteiger charge is 2.72. The Hall–Kier alpha value is -4.08. The maximum absolute atomic E-state index is 14.3. The number of nitrogens with one attached hydrogen (secondary N) is 1. The first-order valence-electron chi connectivity index (χ1n) is 12.9. The Balaban J connectivity index is 1.29. The van der Waals surface area contributed by atoms with Crippen molar-refractivity contribution in [3.8, 4) is 0 Å². The summed E-state index contributed by atoms with van der Waals surface area (Å²) in [5.41, 5.74) is 4.63. The number of rotatable bonds is 4. The summed E-state index contributed by atoms with van der Waals surface area (Å²) in [6, 6.07) is 28.0. The van der Waals surface area contributed by atoms with Crippen LogP contribution >= 0.6 is 31.9 Å². The molecule has 1 aliphatic heterocycles. The molecule has 4 aliphatic rings. The van der Waals surface area contributed by atoms with Gasteiger partial charge >= 0.3 is 5.97 Å². The van der Waals surface area contributed by atoms with Crippen molar-refractivity contribution < 1.29 is 24.3 Å². The van der Waals surface area contributed by atoms with Crippen LogP contribution in [0.5, 0.6) is 0 Å². The van der Waals surface area contributed by atoms with Gasteiger partial charge in [0.05, 0.1) is 31.7 Å². The van der Waals surface area contributed by atoms with Crippen LogP contribution in [0.15, 0.2) is 97.1 Å². The molecular weight excluding hydrogens is 652 g/mol. The topological polar surface area (TPSA) is 104 Å². The third-order valence-corrected chi connectivity index (χ3v) is 11.0. The van der Waals surface area contributed by atoms with E-state index in [9.17, 15) is 24.3 Å². The van der Waals surface area contributed by atoms with Gasteiger partial charge in [-0.2, -0.15) is 0 Å². The van der Waals surface area contributed by atoms with Gasteiger partial charge in [-0.15, -0.1) is 0 Å². The second kappa shape index (κ2) is 8.96. The number of hydrogen-bond donors (Lipinski definition) is 2. The maximum atomic E-state index is 14.3. The van der Waals surface area contributed by atoms with Crippen molar-refractivity contribution in [2.24, 2.45) is 11.8 Å². The molecule has 8 rings (SSSR count). The summed E-state index contributed by atoms with van der Waals surface area (Å²) >= 11 is 7.99. The highest BCUT2D eigenvalue weighted by Crippen LogP contribution is 2.70. The second-order valence-electron chi connectivity index (χ2n) is 10.4. The predicted octanol–water partition coefficient (Wildman–Crippen LogP) is 6.05.